The van der Waals surface area contributed by atoms with Crippen molar-refractivity contribution < 1.29 is 9.34 Å². The molecule has 1 aromatic heterocycles. The van der Waals surface area contributed by atoms with Crippen LogP contribution in [0.4, 0.5) is 5.69 Å². The molecule has 9 heteroatoms. The van der Waals surface area contributed by atoms with Crippen molar-refractivity contribution in [1.82, 2.24) is 4.98 Å². The Balaban J connectivity index is 2.04. The Labute approximate surface area is 155 Å². The van der Waals surface area contributed by atoms with Crippen molar-refractivity contribution in [3.8, 4) is 0 Å². The summed E-state index contributed by atoms with van der Waals surface area (Å²) in [4.78, 5) is 26.5. The van der Waals surface area contributed by atoms with Crippen LogP contribution in [0.2, 0.25) is 15.1 Å². The fraction of sp³-hybridized carbons (Fsp3) is 0. The van der Waals surface area contributed by atoms with E-state index in [1.54, 1.807) is 6.07 Å². The summed E-state index contributed by atoms with van der Waals surface area (Å²) in [6.07, 6.45) is 2.91. The number of rotatable bonds is 3. The van der Waals surface area contributed by atoms with Gasteiger partial charge in [-0.2, -0.15) is 0 Å². The molecule has 2 aromatic carbocycles. The Kier molecular flexibility index (Phi) is 4.76. The number of nitrogens with zero attached hydrogens (tertiary/aromatic N) is 2. The van der Waals surface area contributed by atoms with Crippen LogP contribution < -0.4 is 5.63 Å². The lowest BCUT2D eigenvalue weighted by Gasteiger charge is -2.01. The first-order chi connectivity index (χ1) is 11.8. The maximum Gasteiger partial charge on any atom is 0.347 e. The number of halogens is 3. The van der Waals surface area contributed by atoms with Crippen molar-refractivity contribution in [1.29, 1.82) is 0 Å². The lowest BCUT2D eigenvalue weighted by molar-refractivity contribution is -0.384. The zero-order chi connectivity index (χ0) is 18.1. The van der Waals surface area contributed by atoms with Crippen molar-refractivity contribution >= 4 is 63.5 Å². The molecule has 0 aliphatic carbocycles. The quantitative estimate of drug-likeness (QED) is 0.446. The average Bonchev–Trinajstić information content (AvgIpc) is 2.55. The van der Waals surface area contributed by atoms with E-state index in [4.69, 9.17) is 39.2 Å². The van der Waals surface area contributed by atoms with Gasteiger partial charge in [0.15, 0.2) is 0 Å². The summed E-state index contributed by atoms with van der Waals surface area (Å²) < 4.78 is 5.09. The lowest BCUT2D eigenvalue weighted by atomic mass is 10.2. The minimum absolute atomic E-state index is 0.000625. The van der Waals surface area contributed by atoms with Crippen LogP contribution in [-0.4, -0.2) is 9.91 Å². The number of benzene rings is 2. The summed E-state index contributed by atoms with van der Waals surface area (Å²) in [5.74, 6) is -0.000625. The Morgan fingerprint density at radius 1 is 1.08 bits per heavy atom. The molecule has 0 aliphatic rings. The van der Waals surface area contributed by atoms with E-state index in [-0.39, 0.29) is 32.5 Å². The largest absolute Gasteiger partial charge is 0.404 e. The van der Waals surface area contributed by atoms with E-state index in [0.29, 0.717) is 10.6 Å². The van der Waals surface area contributed by atoms with Crippen LogP contribution in [0.15, 0.2) is 39.5 Å². The molecule has 0 radical (unpaired) electrons. The molecular weight excluding hydrogens is 391 g/mol. The third-order valence-electron chi connectivity index (χ3n) is 3.25. The first-order valence-electron chi connectivity index (χ1n) is 6.77. The van der Waals surface area contributed by atoms with Gasteiger partial charge in [0.25, 0.3) is 5.69 Å². The van der Waals surface area contributed by atoms with Crippen LogP contribution in [0.3, 0.4) is 0 Å². The molecule has 0 aliphatic heterocycles. The monoisotopic (exact) mass is 396 g/mol. The van der Waals surface area contributed by atoms with E-state index in [1.165, 1.54) is 36.4 Å². The second-order valence-corrected chi connectivity index (χ2v) is 6.18. The van der Waals surface area contributed by atoms with Gasteiger partial charge in [-0.25, -0.2) is 9.78 Å². The first kappa shape index (κ1) is 17.4. The molecular formula is C16H7Cl3N2O4. The molecule has 0 bridgehead atoms. The van der Waals surface area contributed by atoms with E-state index < -0.39 is 10.5 Å². The summed E-state index contributed by atoms with van der Waals surface area (Å²) in [7, 11) is 0. The Bertz CT molecular complexity index is 1090. The molecule has 0 amide bonds. The standard InChI is InChI=1S/C16H7Cl3N2O4/c17-9-6-10-15(12(19)7-9)20-14(25-16(10)22)4-2-8-1-3-11(18)13(5-8)21(23)24/h1-7H/b4-2+. The maximum atomic E-state index is 12.0. The fourth-order valence-corrected chi connectivity index (χ4v) is 2.85. The second-order valence-electron chi connectivity index (χ2n) is 4.92. The van der Waals surface area contributed by atoms with Gasteiger partial charge >= 0.3 is 5.63 Å². The van der Waals surface area contributed by atoms with Crippen molar-refractivity contribution in [2.45, 2.75) is 0 Å². The zero-order valence-corrected chi connectivity index (χ0v) is 14.5. The van der Waals surface area contributed by atoms with Gasteiger partial charge in [0.2, 0.25) is 5.89 Å². The van der Waals surface area contributed by atoms with Gasteiger partial charge in [-0.15, -0.1) is 0 Å². The molecule has 0 N–H and O–H groups in total. The highest BCUT2D eigenvalue weighted by Gasteiger charge is 2.12. The third-order valence-corrected chi connectivity index (χ3v) is 4.08. The summed E-state index contributed by atoms with van der Waals surface area (Å²) in [6.45, 7) is 0. The minimum atomic E-state index is -0.642. The van der Waals surface area contributed by atoms with Crippen LogP contribution in [-0.2, 0) is 0 Å². The van der Waals surface area contributed by atoms with E-state index in [2.05, 4.69) is 4.98 Å². The third kappa shape index (κ3) is 3.66. The predicted octanol–water partition coefficient (Wildman–Crippen LogP) is 5.23. The van der Waals surface area contributed by atoms with E-state index >= 15 is 0 Å². The number of hydrogen-bond acceptors (Lipinski definition) is 5. The summed E-state index contributed by atoms with van der Waals surface area (Å²) in [5, 5.41) is 11.6. The molecule has 1 heterocycles. The van der Waals surface area contributed by atoms with Crippen molar-refractivity contribution in [2.75, 3.05) is 0 Å². The molecule has 3 aromatic rings. The minimum Gasteiger partial charge on any atom is -0.404 e. The Morgan fingerprint density at radius 2 is 1.84 bits per heavy atom. The summed E-state index contributed by atoms with van der Waals surface area (Å²) in [6, 6.07) is 7.16. The average molecular weight is 398 g/mol. The molecule has 0 fully saturated rings. The van der Waals surface area contributed by atoms with Gasteiger partial charge in [-0.3, -0.25) is 10.1 Å². The highest BCUT2D eigenvalue weighted by atomic mass is 35.5. The van der Waals surface area contributed by atoms with Gasteiger partial charge in [0, 0.05) is 17.2 Å². The van der Waals surface area contributed by atoms with Gasteiger partial charge in [0.1, 0.15) is 10.5 Å². The SMILES string of the molecule is O=c1oc(/C=C/c2ccc(Cl)c([N+](=O)[O-])c2)nc2c(Cl)cc(Cl)cc12. The molecule has 25 heavy (non-hydrogen) atoms. The van der Waals surface area contributed by atoms with Crippen molar-refractivity contribution in [2.24, 2.45) is 0 Å². The van der Waals surface area contributed by atoms with E-state index in [0.717, 1.165) is 0 Å². The molecule has 0 saturated carbocycles. The van der Waals surface area contributed by atoms with Crippen LogP contribution in [0.25, 0.3) is 23.1 Å². The van der Waals surface area contributed by atoms with Gasteiger partial charge in [-0.05, 0) is 29.8 Å². The molecule has 0 spiro atoms. The predicted molar refractivity (Wildman–Crippen MR) is 97.3 cm³/mol. The topological polar surface area (TPSA) is 86.2 Å². The molecule has 126 valence electrons. The normalized spacial score (nSPS) is 11.3. The Morgan fingerprint density at radius 3 is 2.56 bits per heavy atom. The van der Waals surface area contributed by atoms with Crippen LogP contribution in [0, 0.1) is 10.1 Å². The summed E-state index contributed by atoms with van der Waals surface area (Å²) in [5.41, 5.74) is -0.127. The van der Waals surface area contributed by atoms with E-state index in [9.17, 15) is 14.9 Å². The molecule has 3 rings (SSSR count). The molecule has 6 nitrogen and oxygen atoms in total. The molecule has 0 saturated heterocycles. The number of nitro benzene ring substituents is 1. The van der Waals surface area contributed by atoms with E-state index in [1.807, 2.05) is 0 Å². The van der Waals surface area contributed by atoms with Gasteiger partial charge in [-0.1, -0.05) is 40.9 Å². The number of fused-ring (bicyclic) bond motifs is 1. The highest BCUT2D eigenvalue weighted by Crippen LogP contribution is 2.27. The lowest BCUT2D eigenvalue weighted by Crippen LogP contribution is -2.03. The molecule has 0 atom stereocenters. The number of aromatic nitrogens is 1. The zero-order valence-electron chi connectivity index (χ0n) is 12.2. The van der Waals surface area contributed by atoms with Gasteiger partial charge < -0.3 is 4.42 Å². The Hall–Kier alpha value is -2.41. The summed E-state index contributed by atoms with van der Waals surface area (Å²) >= 11 is 17.7. The fourth-order valence-electron chi connectivity index (χ4n) is 2.13. The smallest absolute Gasteiger partial charge is 0.347 e. The van der Waals surface area contributed by atoms with Gasteiger partial charge in [0.05, 0.1) is 15.3 Å². The van der Waals surface area contributed by atoms with Crippen LogP contribution >= 0.6 is 34.8 Å². The van der Waals surface area contributed by atoms with Crippen LogP contribution in [0.1, 0.15) is 11.5 Å². The maximum absolute atomic E-state index is 12.0. The van der Waals surface area contributed by atoms with Crippen molar-refractivity contribution in [3.05, 3.63) is 77.4 Å². The first-order valence-corrected chi connectivity index (χ1v) is 7.90. The van der Waals surface area contributed by atoms with Crippen molar-refractivity contribution in [3.63, 3.8) is 0 Å². The number of hydrogen-bond donors (Lipinski definition) is 0. The highest BCUT2D eigenvalue weighted by molar-refractivity contribution is 6.38. The second kappa shape index (κ2) is 6.84. The molecule has 0 unspecified atom stereocenters. The van der Waals surface area contributed by atoms with Crippen LogP contribution in [0.5, 0.6) is 0 Å². The number of nitro groups is 1.